The molecule has 2 aliphatic heterocycles. The predicted octanol–water partition coefficient (Wildman–Crippen LogP) is 5.96. The van der Waals surface area contributed by atoms with E-state index in [0.717, 1.165) is 32.1 Å². The van der Waals surface area contributed by atoms with Gasteiger partial charge in [0.25, 0.3) is 0 Å². The molecule has 0 spiro atoms. The number of nitrogen functional groups attached to an aromatic ring is 2. The maximum Gasteiger partial charge on any atom is 0.475 e. The van der Waals surface area contributed by atoms with Gasteiger partial charge in [-0.1, -0.05) is 63.3 Å². The fraction of sp³-hybridized carbons (Fsp3) is 0.710. The van der Waals surface area contributed by atoms with Gasteiger partial charge in [-0.15, -0.1) is 0 Å². The van der Waals surface area contributed by atoms with Crippen molar-refractivity contribution in [2.75, 3.05) is 37.9 Å². The van der Waals surface area contributed by atoms with E-state index >= 15 is 4.39 Å². The molecule has 0 amide bonds. The molecule has 5 N–H and O–H groups in total. The van der Waals surface area contributed by atoms with E-state index in [2.05, 4.69) is 46.2 Å². The maximum absolute atomic E-state index is 15.7. The van der Waals surface area contributed by atoms with E-state index in [4.69, 9.17) is 34.5 Å². The molecular weight excluding hydrogens is 618 g/mol. The fourth-order valence-electron chi connectivity index (χ4n) is 5.44. The monoisotopic (exact) mass is 668 g/mol. The Balaban J connectivity index is 1.08. The maximum atomic E-state index is 15.7. The van der Waals surface area contributed by atoms with Gasteiger partial charge in [0.1, 0.15) is 23.8 Å². The molecule has 13 nitrogen and oxygen atoms in total. The zero-order valence-electron chi connectivity index (χ0n) is 27.0. The zero-order valence-corrected chi connectivity index (χ0v) is 27.9. The first kappa shape index (κ1) is 36.4. The van der Waals surface area contributed by atoms with E-state index in [1.54, 1.807) is 0 Å². The van der Waals surface area contributed by atoms with Crippen molar-refractivity contribution in [2.24, 2.45) is 0 Å². The summed E-state index contributed by atoms with van der Waals surface area (Å²) in [4.78, 5) is 12.1. The van der Waals surface area contributed by atoms with Crippen LogP contribution >= 0.6 is 7.82 Å². The number of imidazole rings is 1. The third kappa shape index (κ3) is 10.0. The summed E-state index contributed by atoms with van der Waals surface area (Å²) in [5.41, 5.74) is 9.61. The molecule has 0 aromatic carbocycles. The first-order valence-electron chi connectivity index (χ1n) is 16.4. The Kier molecular flexibility index (Phi) is 13.9. The molecule has 0 bridgehead atoms. The molecule has 0 aliphatic carbocycles. The Morgan fingerprint density at radius 2 is 1.80 bits per heavy atom. The van der Waals surface area contributed by atoms with Crippen LogP contribution in [0.2, 0.25) is 0 Å². The minimum atomic E-state index is -3.95. The largest absolute Gasteiger partial charge is 0.475 e. The number of halogens is 1. The Bertz CT molecular complexity index is 1340. The second-order valence-electron chi connectivity index (χ2n) is 12.0. The molecule has 46 heavy (non-hydrogen) atoms. The Labute approximate surface area is 270 Å². The van der Waals surface area contributed by atoms with Crippen LogP contribution in [-0.4, -0.2) is 75.0 Å². The number of phosphoric acid groups is 1. The van der Waals surface area contributed by atoms with Crippen LogP contribution in [-0.2, 0) is 27.6 Å². The standard InChI is InChI=1S/C31H50FN6O7P/c1-3-4-5-6-7-8-9-10-11-12-13-14-15-16-17-18-41-19-23-20-42-46(40,45-23)43-21-24-26(39)31(2,32)29(44-24)38-22-35-25-27(33)36-30(34)37-28(25)38/h7-8,10-11,22-24,26,29,39H,3-6,9,12-21H2,1-2H3,(H4,33,34,36,37)/b8-7-,11-10-/t23-,24-,26+,29-,31+,46?/m1/s1. The summed E-state index contributed by atoms with van der Waals surface area (Å²) in [5.74, 6) is -0.0951. The summed E-state index contributed by atoms with van der Waals surface area (Å²) in [5, 5.41) is 10.7. The number of aliphatic hydroxyl groups is 1. The average Bonchev–Trinajstić information content (AvgIpc) is 3.67. The quantitative estimate of drug-likeness (QED) is 0.0858. The summed E-state index contributed by atoms with van der Waals surface area (Å²) in [6.07, 6.45) is 18.3. The van der Waals surface area contributed by atoms with Gasteiger partial charge in [-0.3, -0.25) is 18.1 Å². The highest BCUT2D eigenvalue weighted by atomic mass is 31.2. The topological polar surface area (TPSA) is 179 Å². The molecule has 0 saturated carbocycles. The van der Waals surface area contributed by atoms with Gasteiger partial charge in [-0.25, -0.2) is 13.9 Å². The lowest BCUT2D eigenvalue weighted by Crippen LogP contribution is -2.40. The highest BCUT2D eigenvalue weighted by Gasteiger charge is 2.56. The lowest BCUT2D eigenvalue weighted by molar-refractivity contribution is -0.0564. The van der Waals surface area contributed by atoms with Gasteiger partial charge in [-0.05, 0) is 45.4 Å². The van der Waals surface area contributed by atoms with E-state index in [9.17, 15) is 9.67 Å². The number of nitrogens with zero attached hydrogens (tertiary/aromatic N) is 4. The average molecular weight is 669 g/mol. The summed E-state index contributed by atoms with van der Waals surface area (Å²) in [6.45, 7) is 3.76. The zero-order chi connectivity index (χ0) is 33.0. The number of alkyl halides is 1. The molecule has 15 heteroatoms. The third-order valence-corrected chi connectivity index (χ3v) is 9.56. The van der Waals surface area contributed by atoms with Gasteiger partial charge >= 0.3 is 7.82 Å². The molecule has 2 saturated heterocycles. The molecular formula is C31H50FN6O7P. The highest BCUT2D eigenvalue weighted by molar-refractivity contribution is 7.48. The smallest absolute Gasteiger partial charge is 0.387 e. The lowest BCUT2D eigenvalue weighted by atomic mass is 9.98. The van der Waals surface area contributed by atoms with E-state index in [1.165, 1.54) is 56.3 Å². The number of ether oxygens (including phenoxy) is 2. The summed E-state index contributed by atoms with van der Waals surface area (Å²) in [6, 6.07) is 0. The molecule has 2 aromatic rings. The van der Waals surface area contributed by atoms with Crippen LogP contribution < -0.4 is 11.5 Å². The van der Waals surface area contributed by atoms with Crippen molar-refractivity contribution in [3.63, 3.8) is 0 Å². The Morgan fingerprint density at radius 1 is 1.09 bits per heavy atom. The molecule has 2 aliphatic rings. The number of aromatic nitrogens is 4. The van der Waals surface area contributed by atoms with Crippen molar-refractivity contribution in [1.82, 2.24) is 19.5 Å². The van der Waals surface area contributed by atoms with E-state index in [0.29, 0.717) is 6.61 Å². The number of fused-ring (bicyclic) bond motifs is 1. The van der Waals surface area contributed by atoms with Crippen LogP contribution in [0.1, 0.15) is 90.7 Å². The Hall–Kier alpha value is -2.45. The summed E-state index contributed by atoms with van der Waals surface area (Å²) >= 11 is 0. The number of anilines is 2. The second kappa shape index (κ2) is 17.6. The molecule has 6 atom stereocenters. The Morgan fingerprint density at radius 3 is 2.57 bits per heavy atom. The summed E-state index contributed by atoms with van der Waals surface area (Å²) < 4.78 is 57.7. The minimum absolute atomic E-state index is 0.0263. The van der Waals surface area contributed by atoms with Crippen LogP contribution in [0.5, 0.6) is 0 Å². The van der Waals surface area contributed by atoms with Crippen molar-refractivity contribution in [3.05, 3.63) is 30.6 Å². The number of hydrogen-bond donors (Lipinski definition) is 3. The molecule has 4 heterocycles. The number of rotatable bonds is 20. The van der Waals surface area contributed by atoms with E-state index < -0.39 is 44.6 Å². The summed E-state index contributed by atoms with van der Waals surface area (Å²) in [7, 11) is -3.95. The van der Waals surface area contributed by atoms with Crippen molar-refractivity contribution >= 4 is 30.8 Å². The molecule has 2 aromatic heterocycles. The molecule has 0 radical (unpaired) electrons. The van der Waals surface area contributed by atoms with Crippen LogP contribution in [0, 0.1) is 0 Å². The predicted molar refractivity (Wildman–Crippen MR) is 174 cm³/mol. The lowest BCUT2D eigenvalue weighted by Gasteiger charge is -2.24. The van der Waals surface area contributed by atoms with Gasteiger partial charge in [0.2, 0.25) is 5.95 Å². The van der Waals surface area contributed by atoms with E-state index in [1.807, 2.05) is 0 Å². The van der Waals surface area contributed by atoms with Gasteiger partial charge < -0.3 is 26.0 Å². The van der Waals surface area contributed by atoms with Crippen LogP contribution in [0.3, 0.4) is 0 Å². The number of allylic oxidation sites excluding steroid dienone is 4. The normalized spacial score (nSPS) is 28.4. The van der Waals surface area contributed by atoms with Crippen LogP contribution in [0.25, 0.3) is 11.2 Å². The molecule has 1 unspecified atom stereocenters. The van der Waals surface area contributed by atoms with Gasteiger partial charge in [0.05, 0.1) is 26.1 Å². The number of phosphoric ester groups is 1. The second-order valence-corrected chi connectivity index (χ2v) is 13.6. The number of hydrogen-bond acceptors (Lipinski definition) is 12. The van der Waals surface area contributed by atoms with Gasteiger partial charge in [0.15, 0.2) is 23.4 Å². The highest BCUT2D eigenvalue weighted by Crippen LogP contribution is 2.56. The van der Waals surface area contributed by atoms with Crippen molar-refractivity contribution < 1.29 is 37.1 Å². The van der Waals surface area contributed by atoms with E-state index in [-0.39, 0.29) is 36.1 Å². The molecule has 2 fully saturated rings. The van der Waals surface area contributed by atoms with Crippen molar-refractivity contribution in [1.29, 1.82) is 0 Å². The van der Waals surface area contributed by atoms with Gasteiger partial charge in [0, 0.05) is 6.61 Å². The van der Waals surface area contributed by atoms with Crippen molar-refractivity contribution in [2.45, 2.75) is 115 Å². The first-order chi connectivity index (χ1) is 22.1. The number of nitrogens with two attached hydrogens (primary N) is 2. The van der Waals surface area contributed by atoms with Crippen LogP contribution in [0.4, 0.5) is 16.2 Å². The first-order valence-corrected chi connectivity index (χ1v) is 17.8. The van der Waals surface area contributed by atoms with Crippen molar-refractivity contribution in [3.8, 4) is 0 Å². The van der Waals surface area contributed by atoms with Gasteiger partial charge in [-0.2, -0.15) is 9.97 Å². The molecule has 4 rings (SSSR count). The number of aliphatic hydroxyl groups excluding tert-OH is 1. The number of unbranched alkanes of at least 4 members (excludes halogenated alkanes) is 8. The van der Waals surface area contributed by atoms with Crippen LogP contribution in [0.15, 0.2) is 30.6 Å². The third-order valence-electron chi connectivity index (χ3n) is 8.07. The minimum Gasteiger partial charge on any atom is -0.387 e. The SMILES string of the molecule is CCCCC/C=C\C/C=C\CCCCCCCOC[C@@H]1COP(=O)(OC[C@H]2O[C@@H](n3cnc4c(N)nc(N)nc43)[C@@](C)(F)[C@H]2O)O1. The fourth-order valence-corrected chi connectivity index (χ4v) is 6.80. The molecule has 258 valence electrons.